The maximum absolute atomic E-state index is 9.08. The number of aromatic nitrogens is 2. The fraction of sp³-hybridized carbons (Fsp3) is 0.750. The third-order valence-electron chi connectivity index (χ3n) is 2.95. The van der Waals surface area contributed by atoms with Crippen molar-refractivity contribution in [3.8, 4) is 6.07 Å². The molecule has 0 spiro atoms. The van der Waals surface area contributed by atoms with Crippen molar-refractivity contribution in [2.45, 2.75) is 38.8 Å². The molecule has 2 heterocycles. The summed E-state index contributed by atoms with van der Waals surface area (Å²) >= 11 is 0. The molecule has 6 heteroatoms. The van der Waals surface area contributed by atoms with E-state index in [1.54, 1.807) is 0 Å². The SMILES string of the molecule is CC(C)(C)c1nnc(CN2CCNCC2C#N)o1. The van der Waals surface area contributed by atoms with Crippen molar-refractivity contribution < 1.29 is 4.42 Å². The van der Waals surface area contributed by atoms with Gasteiger partial charge in [-0.15, -0.1) is 10.2 Å². The van der Waals surface area contributed by atoms with E-state index in [9.17, 15) is 0 Å². The highest BCUT2D eigenvalue weighted by Gasteiger charge is 2.26. The van der Waals surface area contributed by atoms with Crippen molar-refractivity contribution in [3.63, 3.8) is 0 Å². The number of nitrogens with zero attached hydrogens (tertiary/aromatic N) is 4. The summed E-state index contributed by atoms with van der Waals surface area (Å²) in [5, 5.41) is 20.4. The van der Waals surface area contributed by atoms with Gasteiger partial charge in [0, 0.05) is 25.0 Å². The molecule has 1 aliphatic heterocycles. The van der Waals surface area contributed by atoms with Crippen LogP contribution >= 0.6 is 0 Å². The van der Waals surface area contributed by atoms with Gasteiger partial charge in [-0.3, -0.25) is 4.90 Å². The Labute approximate surface area is 107 Å². The minimum atomic E-state index is -0.136. The number of nitrogens with one attached hydrogen (secondary N) is 1. The monoisotopic (exact) mass is 249 g/mol. The molecule has 2 rings (SSSR count). The molecule has 1 unspecified atom stereocenters. The maximum Gasteiger partial charge on any atom is 0.230 e. The first-order chi connectivity index (χ1) is 8.50. The van der Waals surface area contributed by atoms with E-state index in [0.717, 1.165) is 13.1 Å². The molecular formula is C12H19N5O. The van der Waals surface area contributed by atoms with Gasteiger partial charge in [-0.2, -0.15) is 5.26 Å². The molecule has 0 saturated carbocycles. The summed E-state index contributed by atoms with van der Waals surface area (Å²) in [5.74, 6) is 1.23. The predicted octanol–water partition coefficient (Wildman–Crippen LogP) is 0.664. The van der Waals surface area contributed by atoms with Crippen molar-refractivity contribution >= 4 is 0 Å². The summed E-state index contributed by atoms with van der Waals surface area (Å²) in [6, 6.07) is 2.16. The molecule has 1 aromatic heterocycles. The molecule has 0 aromatic carbocycles. The third kappa shape index (κ3) is 2.86. The predicted molar refractivity (Wildman–Crippen MR) is 65.7 cm³/mol. The minimum absolute atomic E-state index is 0.122. The Morgan fingerprint density at radius 1 is 1.50 bits per heavy atom. The van der Waals surface area contributed by atoms with Crippen LogP contribution in [0.2, 0.25) is 0 Å². The molecule has 0 bridgehead atoms. The molecule has 1 aromatic rings. The average molecular weight is 249 g/mol. The first kappa shape index (κ1) is 13.0. The van der Waals surface area contributed by atoms with Crippen molar-refractivity contribution in [3.05, 3.63) is 11.8 Å². The van der Waals surface area contributed by atoms with E-state index in [4.69, 9.17) is 9.68 Å². The smallest absolute Gasteiger partial charge is 0.230 e. The van der Waals surface area contributed by atoms with Crippen LogP contribution in [0.4, 0.5) is 0 Å². The lowest BCUT2D eigenvalue weighted by atomic mass is 9.97. The van der Waals surface area contributed by atoms with Gasteiger partial charge in [0.25, 0.3) is 0 Å². The molecular weight excluding hydrogens is 230 g/mol. The molecule has 1 N–H and O–H groups in total. The Morgan fingerprint density at radius 2 is 2.28 bits per heavy atom. The highest BCUT2D eigenvalue weighted by Crippen LogP contribution is 2.21. The van der Waals surface area contributed by atoms with Crippen LogP contribution in [0.1, 0.15) is 32.6 Å². The van der Waals surface area contributed by atoms with Crippen LogP contribution in [-0.4, -0.2) is 40.8 Å². The van der Waals surface area contributed by atoms with E-state index in [-0.39, 0.29) is 11.5 Å². The van der Waals surface area contributed by atoms with Crippen LogP contribution in [0, 0.1) is 11.3 Å². The summed E-state index contributed by atoms with van der Waals surface area (Å²) in [4.78, 5) is 2.07. The number of nitriles is 1. The number of hydrogen-bond donors (Lipinski definition) is 1. The first-order valence-corrected chi connectivity index (χ1v) is 6.18. The van der Waals surface area contributed by atoms with Gasteiger partial charge in [0.05, 0.1) is 12.6 Å². The number of hydrogen-bond acceptors (Lipinski definition) is 6. The molecule has 0 radical (unpaired) electrons. The molecule has 0 amide bonds. The van der Waals surface area contributed by atoms with Crippen molar-refractivity contribution in [1.29, 1.82) is 5.26 Å². The average Bonchev–Trinajstić information content (AvgIpc) is 2.78. The van der Waals surface area contributed by atoms with E-state index in [1.165, 1.54) is 0 Å². The highest BCUT2D eigenvalue weighted by atomic mass is 16.4. The summed E-state index contributed by atoms with van der Waals surface area (Å²) in [6.07, 6.45) is 0. The zero-order chi connectivity index (χ0) is 13.2. The van der Waals surface area contributed by atoms with E-state index >= 15 is 0 Å². The lowest BCUT2D eigenvalue weighted by Gasteiger charge is -2.30. The Kier molecular flexibility index (Phi) is 3.64. The second kappa shape index (κ2) is 5.04. The fourth-order valence-corrected chi connectivity index (χ4v) is 1.86. The summed E-state index contributed by atoms with van der Waals surface area (Å²) < 4.78 is 5.65. The fourth-order valence-electron chi connectivity index (χ4n) is 1.86. The topological polar surface area (TPSA) is 78.0 Å². The van der Waals surface area contributed by atoms with Crippen LogP contribution in [-0.2, 0) is 12.0 Å². The van der Waals surface area contributed by atoms with E-state index in [0.29, 0.717) is 24.9 Å². The van der Waals surface area contributed by atoms with Crippen molar-refractivity contribution in [2.75, 3.05) is 19.6 Å². The van der Waals surface area contributed by atoms with E-state index in [2.05, 4.69) is 26.5 Å². The van der Waals surface area contributed by atoms with Gasteiger partial charge in [0.1, 0.15) is 6.04 Å². The Hall–Kier alpha value is -1.45. The van der Waals surface area contributed by atoms with Crippen molar-refractivity contribution in [1.82, 2.24) is 20.4 Å². The Morgan fingerprint density at radius 3 is 2.89 bits per heavy atom. The normalized spacial score (nSPS) is 21.8. The first-order valence-electron chi connectivity index (χ1n) is 6.18. The van der Waals surface area contributed by atoms with Gasteiger partial charge in [0.2, 0.25) is 11.8 Å². The van der Waals surface area contributed by atoms with Gasteiger partial charge in [-0.25, -0.2) is 0 Å². The van der Waals surface area contributed by atoms with Gasteiger partial charge >= 0.3 is 0 Å². The zero-order valence-electron chi connectivity index (χ0n) is 11.1. The molecule has 1 atom stereocenters. The quantitative estimate of drug-likeness (QED) is 0.829. The Balaban J connectivity index is 2.05. The summed E-state index contributed by atoms with van der Waals surface area (Å²) in [5.41, 5.74) is -0.136. The molecule has 98 valence electrons. The standard InChI is InChI=1S/C12H19N5O/c1-12(2,3)11-16-15-10(18-11)8-17-5-4-14-7-9(17)6-13/h9,14H,4-5,7-8H2,1-3H3. The van der Waals surface area contributed by atoms with Crippen LogP contribution in [0.15, 0.2) is 4.42 Å². The van der Waals surface area contributed by atoms with Gasteiger partial charge < -0.3 is 9.73 Å². The molecule has 18 heavy (non-hydrogen) atoms. The zero-order valence-corrected chi connectivity index (χ0v) is 11.1. The lowest BCUT2D eigenvalue weighted by molar-refractivity contribution is 0.170. The number of piperazine rings is 1. The summed E-state index contributed by atoms with van der Waals surface area (Å²) in [7, 11) is 0. The van der Waals surface area contributed by atoms with E-state index in [1.807, 2.05) is 20.8 Å². The maximum atomic E-state index is 9.08. The van der Waals surface area contributed by atoms with Crippen molar-refractivity contribution in [2.24, 2.45) is 0 Å². The van der Waals surface area contributed by atoms with E-state index < -0.39 is 0 Å². The largest absolute Gasteiger partial charge is 0.423 e. The molecule has 1 aliphatic rings. The lowest BCUT2D eigenvalue weighted by Crippen LogP contribution is -2.50. The highest BCUT2D eigenvalue weighted by molar-refractivity contribution is 4.99. The molecule has 1 fully saturated rings. The second-order valence-electron chi connectivity index (χ2n) is 5.57. The molecule has 1 saturated heterocycles. The van der Waals surface area contributed by atoms with Crippen LogP contribution in [0.25, 0.3) is 0 Å². The van der Waals surface area contributed by atoms with Gasteiger partial charge in [-0.1, -0.05) is 20.8 Å². The minimum Gasteiger partial charge on any atom is -0.423 e. The van der Waals surface area contributed by atoms with Crippen LogP contribution in [0.3, 0.4) is 0 Å². The van der Waals surface area contributed by atoms with Gasteiger partial charge in [0.15, 0.2) is 0 Å². The molecule has 6 nitrogen and oxygen atoms in total. The third-order valence-corrected chi connectivity index (χ3v) is 2.95. The second-order valence-corrected chi connectivity index (χ2v) is 5.57. The van der Waals surface area contributed by atoms with Gasteiger partial charge in [-0.05, 0) is 0 Å². The van der Waals surface area contributed by atoms with Crippen LogP contribution < -0.4 is 5.32 Å². The molecule has 0 aliphatic carbocycles. The van der Waals surface area contributed by atoms with Crippen LogP contribution in [0.5, 0.6) is 0 Å². The summed E-state index contributed by atoms with van der Waals surface area (Å²) in [6.45, 7) is 9.05. The Bertz CT molecular complexity index is 442. The number of rotatable bonds is 2.